The predicted molar refractivity (Wildman–Crippen MR) is 113 cm³/mol. The molecule has 144 valence electrons. The molecule has 0 aliphatic heterocycles. The van der Waals surface area contributed by atoms with Crippen LogP contribution >= 0.6 is 0 Å². The topological polar surface area (TPSA) is 45.8 Å². The first-order valence-electron chi connectivity index (χ1n) is 9.54. The Morgan fingerprint density at radius 1 is 0.966 bits per heavy atom. The van der Waals surface area contributed by atoms with Crippen molar-refractivity contribution in [3.8, 4) is 22.5 Å². The zero-order valence-corrected chi connectivity index (χ0v) is 16.2. The number of hydrogen-bond acceptors (Lipinski definition) is 2. The van der Waals surface area contributed by atoms with E-state index < -0.39 is 0 Å². The average molecular weight is 384 g/mol. The Balaban J connectivity index is 1.46. The average Bonchev–Trinajstić information content (AvgIpc) is 3.26. The quantitative estimate of drug-likeness (QED) is 0.474. The van der Waals surface area contributed by atoms with Gasteiger partial charge >= 0.3 is 0 Å². The molecule has 4 aromatic rings. The third kappa shape index (κ3) is 4.49. The van der Waals surface area contributed by atoms with Crippen molar-refractivity contribution in [3.63, 3.8) is 0 Å². The number of nitrogens with one attached hydrogen (secondary N) is 1. The van der Waals surface area contributed by atoms with Gasteiger partial charge in [-0.1, -0.05) is 42.0 Å². The highest BCUT2D eigenvalue weighted by Crippen LogP contribution is 2.24. The minimum atomic E-state index is -0.324. The van der Waals surface area contributed by atoms with Gasteiger partial charge in [0.1, 0.15) is 11.6 Å². The number of Topliss-reactive ketones (excluding diaryl/α,β-unsaturated/α-hetero) is 1. The second-order valence-electron chi connectivity index (χ2n) is 7.20. The molecule has 0 bridgehead atoms. The lowest BCUT2D eigenvalue weighted by Gasteiger charge is -2.07. The number of benzene rings is 2. The highest BCUT2D eigenvalue weighted by Gasteiger charge is 2.10. The maximum absolute atomic E-state index is 13.9. The van der Waals surface area contributed by atoms with Crippen molar-refractivity contribution in [3.05, 3.63) is 102 Å². The summed E-state index contributed by atoms with van der Waals surface area (Å²) >= 11 is 0. The van der Waals surface area contributed by atoms with Crippen molar-refractivity contribution >= 4 is 5.78 Å². The normalized spacial score (nSPS) is 10.8. The zero-order valence-electron chi connectivity index (χ0n) is 16.2. The van der Waals surface area contributed by atoms with Crippen molar-refractivity contribution < 1.29 is 9.18 Å². The van der Waals surface area contributed by atoms with Crippen molar-refractivity contribution in [2.75, 3.05) is 0 Å². The smallest absolute Gasteiger partial charge is 0.141 e. The van der Waals surface area contributed by atoms with E-state index in [1.807, 2.05) is 61.7 Å². The van der Waals surface area contributed by atoms with E-state index in [-0.39, 0.29) is 24.4 Å². The summed E-state index contributed by atoms with van der Waals surface area (Å²) in [4.78, 5) is 20.0. The van der Waals surface area contributed by atoms with E-state index in [9.17, 15) is 9.18 Å². The lowest BCUT2D eigenvalue weighted by Crippen LogP contribution is -2.08. The second-order valence-corrected chi connectivity index (χ2v) is 7.20. The number of rotatable bonds is 6. The zero-order chi connectivity index (χ0) is 20.2. The van der Waals surface area contributed by atoms with Crippen LogP contribution in [0.2, 0.25) is 0 Å². The Labute approximate surface area is 169 Å². The van der Waals surface area contributed by atoms with Crippen molar-refractivity contribution in [2.24, 2.45) is 0 Å². The SMILES string of the molecule is Cc1ccc(F)c(CC(=O)Cc2ccc(-c3ccnc(-c4ccc[nH]4)c3)cc2)c1. The summed E-state index contributed by atoms with van der Waals surface area (Å²) in [5.41, 5.74) is 6.30. The van der Waals surface area contributed by atoms with Crippen LogP contribution in [-0.4, -0.2) is 15.8 Å². The molecule has 29 heavy (non-hydrogen) atoms. The van der Waals surface area contributed by atoms with Gasteiger partial charge in [0.05, 0.1) is 11.4 Å². The minimum Gasteiger partial charge on any atom is -0.360 e. The molecule has 0 radical (unpaired) electrons. The van der Waals surface area contributed by atoms with E-state index in [1.165, 1.54) is 6.07 Å². The molecule has 4 rings (SSSR count). The van der Waals surface area contributed by atoms with Gasteiger partial charge in [0.25, 0.3) is 0 Å². The maximum Gasteiger partial charge on any atom is 0.141 e. The van der Waals surface area contributed by atoms with Crippen LogP contribution in [0.15, 0.2) is 79.1 Å². The molecular formula is C25H21FN2O. The first kappa shape index (κ1) is 18.8. The summed E-state index contributed by atoms with van der Waals surface area (Å²) in [6, 6.07) is 20.7. The molecule has 0 fully saturated rings. The number of aromatic amines is 1. The fourth-order valence-electron chi connectivity index (χ4n) is 3.40. The molecule has 0 aliphatic carbocycles. The van der Waals surface area contributed by atoms with Crippen LogP contribution < -0.4 is 0 Å². The van der Waals surface area contributed by atoms with Crippen LogP contribution in [-0.2, 0) is 17.6 Å². The Hall–Kier alpha value is -3.53. The number of carbonyl (C=O) groups is 1. The summed E-state index contributed by atoms with van der Waals surface area (Å²) in [5, 5.41) is 0. The second kappa shape index (κ2) is 8.23. The fraction of sp³-hybridized carbons (Fsp3) is 0.120. The maximum atomic E-state index is 13.9. The number of aromatic nitrogens is 2. The summed E-state index contributed by atoms with van der Waals surface area (Å²) in [6.07, 6.45) is 4.06. The lowest BCUT2D eigenvalue weighted by atomic mass is 9.99. The largest absolute Gasteiger partial charge is 0.360 e. The van der Waals surface area contributed by atoms with Gasteiger partial charge in [-0.05, 0) is 59.5 Å². The molecule has 2 aromatic heterocycles. The molecule has 4 heteroatoms. The number of hydrogen-bond donors (Lipinski definition) is 1. The third-order valence-corrected chi connectivity index (χ3v) is 4.91. The molecule has 0 saturated carbocycles. The van der Waals surface area contributed by atoms with Crippen molar-refractivity contribution in [1.29, 1.82) is 0 Å². The Kier molecular flexibility index (Phi) is 5.34. The van der Waals surface area contributed by atoms with Crippen molar-refractivity contribution in [2.45, 2.75) is 19.8 Å². The number of carbonyl (C=O) groups excluding carboxylic acids is 1. The van der Waals surface area contributed by atoms with Gasteiger partial charge in [0, 0.05) is 25.2 Å². The predicted octanol–water partition coefficient (Wildman–Crippen LogP) is 5.55. The fourth-order valence-corrected chi connectivity index (χ4v) is 3.40. The van der Waals surface area contributed by atoms with Crippen molar-refractivity contribution in [1.82, 2.24) is 9.97 Å². The van der Waals surface area contributed by atoms with Crippen LogP contribution in [0.3, 0.4) is 0 Å². The molecule has 0 unspecified atom stereocenters. The number of nitrogens with zero attached hydrogens (tertiary/aromatic N) is 1. The Bertz CT molecular complexity index is 1130. The van der Waals surface area contributed by atoms with E-state index in [2.05, 4.69) is 9.97 Å². The van der Waals surface area contributed by atoms with E-state index in [1.54, 1.807) is 18.3 Å². The van der Waals surface area contributed by atoms with Crippen LogP contribution in [0.1, 0.15) is 16.7 Å². The van der Waals surface area contributed by atoms with Gasteiger partial charge in [-0.25, -0.2) is 4.39 Å². The van der Waals surface area contributed by atoms with Gasteiger partial charge in [0.2, 0.25) is 0 Å². The van der Waals surface area contributed by atoms with E-state index in [0.29, 0.717) is 5.56 Å². The molecule has 2 heterocycles. The van der Waals surface area contributed by atoms with E-state index in [0.717, 1.165) is 33.6 Å². The number of halogens is 1. The highest BCUT2D eigenvalue weighted by molar-refractivity contribution is 5.83. The van der Waals surface area contributed by atoms with Gasteiger partial charge in [-0.3, -0.25) is 9.78 Å². The summed E-state index contributed by atoms with van der Waals surface area (Å²) < 4.78 is 13.9. The molecule has 0 amide bonds. The van der Waals surface area contributed by atoms with Gasteiger partial charge in [-0.2, -0.15) is 0 Å². The first-order chi connectivity index (χ1) is 14.1. The Morgan fingerprint density at radius 3 is 2.55 bits per heavy atom. The number of H-pyrrole nitrogens is 1. The van der Waals surface area contributed by atoms with E-state index in [4.69, 9.17) is 0 Å². The lowest BCUT2D eigenvalue weighted by molar-refractivity contribution is -0.117. The van der Waals surface area contributed by atoms with Gasteiger partial charge < -0.3 is 4.98 Å². The van der Waals surface area contributed by atoms with Gasteiger partial charge in [-0.15, -0.1) is 0 Å². The van der Waals surface area contributed by atoms with E-state index >= 15 is 0 Å². The summed E-state index contributed by atoms with van der Waals surface area (Å²) in [5.74, 6) is -0.324. The monoisotopic (exact) mass is 384 g/mol. The molecule has 0 aliphatic rings. The Morgan fingerprint density at radius 2 is 1.79 bits per heavy atom. The molecule has 3 nitrogen and oxygen atoms in total. The number of pyridine rings is 1. The summed E-state index contributed by atoms with van der Waals surface area (Å²) in [6.45, 7) is 1.90. The number of aryl methyl sites for hydroxylation is 1. The molecule has 0 saturated heterocycles. The van der Waals surface area contributed by atoms with Crippen LogP contribution in [0.5, 0.6) is 0 Å². The van der Waals surface area contributed by atoms with Crippen LogP contribution in [0, 0.1) is 12.7 Å². The standard InChI is InChI=1S/C25H21FN2O/c1-17-4-9-23(26)21(13-17)15-22(29)14-18-5-7-19(8-6-18)20-10-12-28-25(16-20)24-3-2-11-27-24/h2-13,16,27H,14-15H2,1H3. The minimum absolute atomic E-state index is 0.000178. The van der Waals surface area contributed by atoms with Crippen LogP contribution in [0.25, 0.3) is 22.5 Å². The molecule has 1 N–H and O–H groups in total. The highest BCUT2D eigenvalue weighted by atomic mass is 19.1. The van der Waals surface area contributed by atoms with Gasteiger partial charge in [0.15, 0.2) is 0 Å². The first-order valence-corrected chi connectivity index (χ1v) is 9.54. The summed E-state index contributed by atoms with van der Waals surface area (Å²) in [7, 11) is 0. The molecule has 0 atom stereocenters. The molecule has 2 aromatic carbocycles. The van der Waals surface area contributed by atoms with Crippen LogP contribution in [0.4, 0.5) is 4.39 Å². The molecular weight excluding hydrogens is 363 g/mol. The molecule has 0 spiro atoms. The third-order valence-electron chi connectivity index (χ3n) is 4.91. The number of ketones is 1.